The van der Waals surface area contributed by atoms with Crippen LogP contribution in [0.15, 0.2) is 285 Å². The van der Waals surface area contributed by atoms with Gasteiger partial charge in [0.25, 0.3) is 0 Å². The second-order valence-electron chi connectivity index (χ2n) is 18.4. The number of nitrogens with zero attached hydrogens (tertiary/aromatic N) is 2. The zero-order valence-electron chi connectivity index (χ0n) is 38.6. The fraction of sp³-hybridized carbons (Fsp3) is 0. The highest BCUT2D eigenvalue weighted by molar-refractivity contribution is 7.20. The highest BCUT2D eigenvalue weighted by atomic mass is 28.3. The monoisotopic (exact) mass is 906 g/mol. The number of hydrogen-bond acceptors (Lipinski definition) is 1. The first-order chi connectivity index (χ1) is 34.7. The molecule has 0 radical (unpaired) electrons. The summed E-state index contributed by atoms with van der Waals surface area (Å²) in [6, 6.07) is 106. The van der Waals surface area contributed by atoms with Gasteiger partial charge >= 0.3 is 6.85 Å². The normalized spacial score (nSPS) is 12.2. The maximum atomic E-state index is 2.63. The molecule has 70 heavy (non-hydrogen) atoms. The fourth-order valence-electron chi connectivity index (χ4n) is 11.5. The smallest absolute Gasteiger partial charge is 0.328 e. The van der Waals surface area contributed by atoms with Crippen molar-refractivity contribution in [2.24, 2.45) is 0 Å². The van der Waals surface area contributed by atoms with Gasteiger partial charge in [0.2, 0.25) is 0 Å². The van der Waals surface area contributed by atoms with Crippen molar-refractivity contribution in [3.8, 4) is 39.1 Å². The molecule has 0 atom stereocenters. The van der Waals surface area contributed by atoms with Crippen LogP contribution in [0.1, 0.15) is 0 Å². The number of aromatic nitrogens is 1. The molecule has 0 spiro atoms. The van der Waals surface area contributed by atoms with Gasteiger partial charge in [0.1, 0.15) is 0 Å². The summed E-state index contributed by atoms with van der Waals surface area (Å²) >= 11 is 0. The van der Waals surface area contributed by atoms with E-state index in [2.05, 4.69) is 294 Å². The maximum Gasteiger partial charge on any atom is 0.328 e. The fourth-order valence-corrected chi connectivity index (χ4v) is 16.3. The molecule has 0 unspecified atom stereocenters. The Hall–Kier alpha value is -8.70. The first-order valence-electron chi connectivity index (χ1n) is 24.3. The van der Waals surface area contributed by atoms with Crippen LogP contribution >= 0.6 is 0 Å². The van der Waals surface area contributed by atoms with Crippen LogP contribution in [-0.4, -0.2) is 19.5 Å². The van der Waals surface area contributed by atoms with E-state index in [0.717, 1.165) is 22.5 Å². The number of benzene rings is 11. The van der Waals surface area contributed by atoms with E-state index in [9.17, 15) is 0 Å². The zero-order valence-corrected chi connectivity index (χ0v) is 39.6. The molecule has 12 aromatic rings. The van der Waals surface area contributed by atoms with E-state index in [-0.39, 0.29) is 6.85 Å². The van der Waals surface area contributed by atoms with Crippen LogP contribution < -0.4 is 36.5 Å². The van der Waals surface area contributed by atoms with Gasteiger partial charge in [0, 0.05) is 33.4 Å². The lowest BCUT2D eigenvalue weighted by Gasteiger charge is -2.40. The van der Waals surface area contributed by atoms with Crippen molar-refractivity contribution in [2.75, 3.05) is 4.81 Å². The van der Waals surface area contributed by atoms with Gasteiger partial charge in [-0.3, -0.25) is 0 Å². The lowest BCUT2D eigenvalue weighted by molar-refractivity contribution is 1.18. The molecule has 0 amide bonds. The first-order valence-corrected chi connectivity index (χ1v) is 26.3. The third-order valence-electron chi connectivity index (χ3n) is 14.5. The van der Waals surface area contributed by atoms with Crippen LogP contribution in [0.5, 0.6) is 0 Å². The summed E-state index contributed by atoms with van der Waals surface area (Å²) in [5, 5.41) is 7.81. The molecule has 4 heteroatoms. The molecule has 0 saturated carbocycles. The van der Waals surface area contributed by atoms with Gasteiger partial charge in [-0.05, 0) is 103 Å². The second-order valence-corrected chi connectivity index (χ2v) is 22.2. The molecular weight excluding hydrogens is 860 g/mol. The molecule has 2 heterocycles. The Morgan fingerprint density at radius 3 is 1.34 bits per heavy atom. The molecule has 328 valence electrons. The molecule has 1 aromatic heterocycles. The molecule has 1 aliphatic rings. The highest BCUT2D eigenvalue weighted by Gasteiger charge is 2.43. The zero-order chi connectivity index (χ0) is 46.4. The third-order valence-corrected chi connectivity index (χ3v) is 19.3. The molecule has 11 aromatic carbocycles. The van der Waals surface area contributed by atoms with Crippen LogP contribution in [0, 0.1) is 0 Å². The lowest BCUT2D eigenvalue weighted by atomic mass is 9.46. The van der Waals surface area contributed by atoms with E-state index in [1.165, 1.54) is 81.4 Å². The molecule has 0 aliphatic carbocycles. The van der Waals surface area contributed by atoms with Crippen LogP contribution in [0.3, 0.4) is 0 Å². The summed E-state index contributed by atoms with van der Waals surface area (Å²) in [5.41, 5.74) is 15.5. The van der Waals surface area contributed by atoms with Crippen molar-refractivity contribution in [3.05, 3.63) is 285 Å². The van der Waals surface area contributed by atoms with Crippen molar-refractivity contribution in [1.82, 2.24) is 4.57 Å². The lowest BCUT2D eigenvalue weighted by Crippen LogP contribution is -2.74. The summed E-state index contributed by atoms with van der Waals surface area (Å²) in [4.78, 5) is 2.63. The van der Waals surface area contributed by atoms with Crippen molar-refractivity contribution in [1.29, 1.82) is 0 Å². The van der Waals surface area contributed by atoms with Crippen LogP contribution in [0.2, 0.25) is 0 Å². The quantitative estimate of drug-likeness (QED) is 0.103. The Kier molecular flexibility index (Phi) is 10.3. The van der Waals surface area contributed by atoms with E-state index < -0.39 is 8.07 Å². The third kappa shape index (κ3) is 6.87. The predicted molar refractivity (Wildman–Crippen MR) is 301 cm³/mol. The van der Waals surface area contributed by atoms with Gasteiger partial charge in [-0.2, -0.15) is 0 Å². The van der Waals surface area contributed by atoms with Gasteiger partial charge in [-0.15, -0.1) is 0 Å². The van der Waals surface area contributed by atoms with Gasteiger partial charge in [-0.25, -0.2) is 0 Å². The number of fused-ring (bicyclic) bond motifs is 6. The van der Waals surface area contributed by atoms with Gasteiger partial charge in [0.05, 0.1) is 11.0 Å². The standard InChI is InChI=1S/C66H47BN2Si/c1-6-24-48(25-7-1)49-42-50(44-53(43-49)68-64-39-21-17-36-61(64)62-37-18-22-40-65(62)68)51-45-54(69-66-41-23-19-35-60(66)59-34-16-20-38-63(59)67(69)52-26-8-2-9-27-52)47-58(46-51)70(55-28-10-3-11-29-55,56-30-12-4-13-31-56)57-32-14-5-15-33-57/h1-47H. The molecule has 0 bridgehead atoms. The summed E-state index contributed by atoms with van der Waals surface area (Å²) in [5.74, 6) is 0. The maximum absolute atomic E-state index is 3.07. The van der Waals surface area contributed by atoms with Crippen molar-refractivity contribution < 1.29 is 0 Å². The Balaban J connectivity index is 1.17. The highest BCUT2D eigenvalue weighted by Crippen LogP contribution is 2.42. The van der Waals surface area contributed by atoms with Crippen molar-refractivity contribution >= 4 is 79.8 Å². The van der Waals surface area contributed by atoms with E-state index >= 15 is 0 Å². The largest absolute Gasteiger partial charge is 0.376 e. The topological polar surface area (TPSA) is 8.17 Å². The molecule has 2 nitrogen and oxygen atoms in total. The van der Waals surface area contributed by atoms with Gasteiger partial charge < -0.3 is 9.38 Å². The van der Waals surface area contributed by atoms with Crippen molar-refractivity contribution in [3.63, 3.8) is 0 Å². The predicted octanol–water partition coefficient (Wildman–Crippen LogP) is 12.4. The average molecular weight is 907 g/mol. The Labute approximate surface area is 411 Å². The summed E-state index contributed by atoms with van der Waals surface area (Å²) in [6.07, 6.45) is 0. The minimum Gasteiger partial charge on any atom is -0.376 e. The second kappa shape index (κ2) is 17.4. The molecule has 0 fully saturated rings. The van der Waals surface area contributed by atoms with Crippen LogP contribution in [-0.2, 0) is 0 Å². The van der Waals surface area contributed by atoms with Crippen LogP contribution in [0.4, 0.5) is 11.4 Å². The minimum absolute atomic E-state index is 0.0968. The summed E-state index contributed by atoms with van der Waals surface area (Å²) < 4.78 is 2.46. The SMILES string of the molecule is c1ccc(B2c3ccccc3-c3ccccc3N2c2cc(-c3cc(-c4ccccc4)cc(-n4c5ccccc5c5ccccc54)c3)cc([Si](c3ccccc3)(c3ccccc3)c3ccccc3)c2)cc1. The molecule has 13 rings (SSSR count). The molecule has 1 aliphatic heterocycles. The van der Waals surface area contributed by atoms with Crippen molar-refractivity contribution in [2.45, 2.75) is 0 Å². The molecule has 0 saturated heterocycles. The van der Waals surface area contributed by atoms with E-state index in [4.69, 9.17) is 0 Å². The van der Waals surface area contributed by atoms with E-state index in [1.807, 2.05) is 0 Å². The number of anilines is 2. The van der Waals surface area contributed by atoms with E-state index in [0.29, 0.717) is 0 Å². The summed E-state index contributed by atoms with van der Waals surface area (Å²) in [7, 11) is -3.07. The summed E-state index contributed by atoms with van der Waals surface area (Å²) in [6.45, 7) is -0.0968. The van der Waals surface area contributed by atoms with Gasteiger partial charge in [0.15, 0.2) is 8.07 Å². The number of para-hydroxylation sites is 3. The number of hydrogen-bond donors (Lipinski definition) is 0. The number of rotatable bonds is 9. The van der Waals surface area contributed by atoms with Crippen LogP contribution in [0.25, 0.3) is 60.9 Å². The Morgan fingerprint density at radius 2 is 0.743 bits per heavy atom. The molecular formula is C66H47BN2Si. The first kappa shape index (κ1) is 41.5. The van der Waals surface area contributed by atoms with Gasteiger partial charge in [-0.1, -0.05) is 242 Å². The average Bonchev–Trinajstić information content (AvgIpc) is 3.78. The van der Waals surface area contributed by atoms with E-state index in [1.54, 1.807) is 0 Å². The molecule has 0 N–H and O–H groups in total. The Bertz CT molecular complexity index is 3690. The Morgan fingerprint density at radius 1 is 0.300 bits per heavy atom. The minimum atomic E-state index is -3.07.